The van der Waals surface area contributed by atoms with E-state index in [2.05, 4.69) is 20.5 Å². The molecule has 0 spiro atoms. The summed E-state index contributed by atoms with van der Waals surface area (Å²) in [6.07, 6.45) is 0. The van der Waals surface area contributed by atoms with E-state index < -0.39 is 0 Å². The lowest BCUT2D eigenvalue weighted by molar-refractivity contribution is -0.116. The van der Waals surface area contributed by atoms with Gasteiger partial charge < -0.3 is 9.73 Å². The van der Waals surface area contributed by atoms with Gasteiger partial charge in [0, 0.05) is 21.4 Å². The predicted octanol–water partition coefficient (Wildman–Crippen LogP) is 5.77. The molecule has 0 saturated heterocycles. The Labute approximate surface area is 190 Å². The maximum Gasteiger partial charge on any atom is 0.246 e. The van der Waals surface area contributed by atoms with Gasteiger partial charge in [0.2, 0.25) is 5.91 Å². The van der Waals surface area contributed by atoms with Crippen LogP contribution in [0.3, 0.4) is 0 Å². The molecule has 0 aliphatic heterocycles. The highest BCUT2D eigenvalue weighted by Crippen LogP contribution is 2.30. The third-order valence-electron chi connectivity index (χ3n) is 4.59. The first-order valence-electron chi connectivity index (χ1n) is 9.22. The number of aromatic nitrogens is 4. The monoisotopic (exact) mass is 467 g/mol. The van der Waals surface area contributed by atoms with E-state index in [4.69, 9.17) is 28.2 Å². The van der Waals surface area contributed by atoms with Crippen LogP contribution in [-0.4, -0.2) is 25.7 Å². The molecule has 31 heavy (non-hydrogen) atoms. The maximum atomic E-state index is 12.7. The zero-order valence-corrected chi connectivity index (χ0v) is 18.2. The van der Waals surface area contributed by atoms with Gasteiger partial charge in [0.1, 0.15) is 17.8 Å². The molecule has 154 valence electrons. The van der Waals surface area contributed by atoms with Crippen molar-refractivity contribution in [2.75, 3.05) is 5.32 Å². The van der Waals surface area contributed by atoms with Crippen molar-refractivity contribution in [3.8, 4) is 22.8 Å². The van der Waals surface area contributed by atoms with Crippen LogP contribution < -0.4 is 5.32 Å². The van der Waals surface area contributed by atoms with Crippen molar-refractivity contribution in [1.82, 2.24) is 19.7 Å². The van der Waals surface area contributed by atoms with Crippen LogP contribution in [-0.2, 0) is 11.3 Å². The van der Waals surface area contributed by atoms with Gasteiger partial charge >= 0.3 is 0 Å². The van der Waals surface area contributed by atoms with E-state index in [0.29, 0.717) is 32.2 Å². The highest BCUT2D eigenvalue weighted by molar-refractivity contribution is 7.71. The van der Waals surface area contributed by atoms with Gasteiger partial charge in [-0.1, -0.05) is 29.8 Å². The number of para-hydroxylation sites is 1. The van der Waals surface area contributed by atoms with Crippen molar-refractivity contribution in [3.63, 3.8) is 0 Å². The van der Waals surface area contributed by atoms with Crippen LogP contribution in [0, 0.1) is 4.77 Å². The third kappa shape index (κ3) is 4.02. The Balaban J connectivity index is 1.33. The number of hydrogen-bond donors (Lipinski definition) is 2. The van der Waals surface area contributed by atoms with E-state index in [1.165, 1.54) is 11.3 Å². The number of nitrogens with one attached hydrogen (secondary N) is 2. The second-order valence-electron chi connectivity index (χ2n) is 6.68. The zero-order valence-electron chi connectivity index (χ0n) is 15.8. The lowest BCUT2D eigenvalue weighted by atomic mass is 10.2. The number of nitrogens with zero attached hydrogens (tertiary/aromatic N) is 3. The van der Waals surface area contributed by atoms with Crippen LogP contribution in [0.4, 0.5) is 5.13 Å². The Bertz CT molecular complexity index is 1420. The van der Waals surface area contributed by atoms with E-state index in [0.717, 1.165) is 16.5 Å². The maximum absolute atomic E-state index is 12.7. The van der Waals surface area contributed by atoms with Crippen molar-refractivity contribution in [2.24, 2.45) is 0 Å². The van der Waals surface area contributed by atoms with Crippen molar-refractivity contribution < 1.29 is 9.21 Å². The number of anilines is 1. The van der Waals surface area contributed by atoms with Crippen LogP contribution in [0.15, 0.2) is 64.4 Å². The highest BCUT2D eigenvalue weighted by Gasteiger charge is 2.15. The molecular formula is C21H14ClN5O2S2. The minimum atomic E-state index is -0.266. The standard InChI is InChI=1S/C21H14ClN5O2S2/c22-14-7-5-12(6-8-14)19-25-26-21(30)27(19)10-18(28)24-20-23-15(11-31-20)17-9-13-3-1-2-4-16(13)29-17/h1-9,11H,10H2,(H,26,30)(H,23,24,28). The minimum Gasteiger partial charge on any atom is -0.454 e. The fraction of sp³-hybridized carbons (Fsp3) is 0.0476. The van der Waals surface area contributed by atoms with Crippen molar-refractivity contribution in [2.45, 2.75) is 6.54 Å². The Kier molecular flexibility index (Phi) is 5.14. The van der Waals surface area contributed by atoms with Crippen molar-refractivity contribution >= 4 is 57.2 Å². The minimum absolute atomic E-state index is 0.00710. The largest absolute Gasteiger partial charge is 0.454 e. The average molecular weight is 468 g/mol. The summed E-state index contributed by atoms with van der Waals surface area (Å²) in [7, 11) is 0. The van der Waals surface area contributed by atoms with Gasteiger partial charge in [-0.05, 0) is 48.6 Å². The van der Waals surface area contributed by atoms with Crippen LogP contribution in [0.2, 0.25) is 5.02 Å². The van der Waals surface area contributed by atoms with E-state index in [-0.39, 0.29) is 12.5 Å². The summed E-state index contributed by atoms with van der Waals surface area (Å²) >= 11 is 12.6. The number of carbonyl (C=O) groups is 1. The lowest BCUT2D eigenvalue weighted by Crippen LogP contribution is -2.19. The summed E-state index contributed by atoms with van der Waals surface area (Å²) in [5, 5.41) is 13.7. The number of thiazole rings is 1. The highest BCUT2D eigenvalue weighted by atomic mass is 35.5. The molecule has 0 bridgehead atoms. The van der Waals surface area contributed by atoms with Crippen molar-refractivity contribution in [1.29, 1.82) is 0 Å². The first-order chi connectivity index (χ1) is 15.1. The molecule has 10 heteroatoms. The van der Waals surface area contributed by atoms with Gasteiger partial charge in [0.15, 0.2) is 21.5 Å². The molecule has 7 nitrogen and oxygen atoms in total. The van der Waals surface area contributed by atoms with E-state index >= 15 is 0 Å². The third-order valence-corrected chi connectivity index (χ3v) is 5.91. The molecule has 2 N–H and O–H groups in total. The molecule has 0 saturated carbocycles. The topological polar surface area (TPSA) is 88.7 Å². The smallest absolute Gasteiger partial charge is 0.246 e. The summed E-state index contributed by atoms with van der Waals surface area (Å²) < 4.78 is 7.81. The molecule has 5 rings (SSSR count). The molecule has 3 heterocycles. The zero-order chi connectivity index (χ0) is 21.4. The number of aromatic amines is 1. The molecule has 1 amide bonds. The molecule has 2 aromatic carbocycles. The molecule has 0 atom stereocenters. The summed E-state index contributed by atoms with van der Waals surface area (Å²) in [6.45, 7) is -0.00710. The van der Waals surface area contributed by atoms with Gasteiger partial charge in [0.05, 0.1) is 0 Å². The fourth-order valence-corrected chi connectivity index (χ4v) is 4.18. The Hall–Kier alpha value is -3.27. The van der Waals surface area contributed by atoms with E-state index in [9.17, 15) is 4.79 Å². The number of H-pyrrole nitrogens is 1. The van der Waals surface area contributed by atoms with Crippen molar-refractivity contribution in [3.05, 3.63) is 69.8 Å². The lowest BCUT2D eigenvalue weighted by Gasteiger charge is -2.07. The Morgan fingerprint density at radius 2 is 2.03 bits per heavy atom. The predicted molar refractivity (Wildman–Crippen MR) is 124 cm³/mol. The summed E-state index contributed by atoms with van der Waals surface area (Å²) in [4.78, 5) is 17.1. The number of hydrogen-bond acceptors (Lipinski definition) is 6. The van der Waals surface area contributed by atoms with Gasteiger partial charge in [0.25, 0.3) is 0 Å². The number of benzene rings is 2. The summed E-state index contributed by atoms with van der Waals surface area (Å²) in [6, 6.07) is 16.8. The molecule has 0 aliphatic carbocycles. The average Bonchev–Trinajstić information content (AvgIpc) is 3.48. The molecule has 0 radical (unpaired) electrons. The summed E-state index contributed by atoms with van der Waals surface area (Å²) in [5.41, 5.74) is 2.25. The molecule has 5 aromatic rings. The Morgan fingerprint density at radius 1 is 1.23 bits per heavy atom. The molecular weight excluding hydrogens is 454 g/mol. The number of carbonyl (C=O) groups excluding carboxylic acids is 1. The quantitative estimate of drug-likeness (QED) is 0.320. The number of amides is 1. The second-order valence-corrected chi connectivity index (χ2v) is 8.36. The number of fused-ring (bicyclic) bond motifs is 1. The molecule has 0 aliphatic rings. The first-order valence-corrected chi connectivity index (χ1v) is 10.9. The molecule has 0 fully saturated rings. The number of halogens is 1. The molecule has 0 unspecified atom stereocenters. The van der Waals surface area contributed by atoms with E-state index in [1.54, 1.807) is 16.7 Å². The first kappa shape index (κ1) is 19.7. The normalized spacial score (nSPS) is 11.1. The van der Waals surface area contributed by atoms with Gasteiger partial charge in [-0.2, -0.15) is 5.10 Å². The number of furan rings is 1. The van der Waals surface area contributed by atoms with Crippen LogP contribution in [0.5, 0.6) is 0 Å². The fourth-order valence-electron chi connectivity index (χ4n) is 3.14. The van der Waals surface area contributed by atoms with Crippen LogP contribution in [0.1, 0.15) is 0 Å². The van der Waals surface area contributed by atoms with Gasteiger partial charge in [-0.25, -0.2) is 4.98 Å². The van der Waals surface area contributed by atoms with Crippen LogP contribution >= 0.6 is 35.2 Å². The second kappa shape index (κ2) is 8.10. The Morgan fingerprint density at radius 3 is 2.84 bits per heavy atom. The van der Waals surface area contributed by atoms with Gasteiger partial charge in [-0.3, -0.25) is 14.5 Å². The van der Waals surface area contributed by atoms with E-state index in [1.807, 2.05) is 47.8 Å². The van der Waals surface area contributed by atoms with Gasteiger partial charge in [-0.15, -0.1) is 11.3 Å². The number of rotatable bonds is 5. The van der Waals surface area contributed by atoms with Crippen LogP contribution in [0.25, 0.3) is 33.8 Å². The molecule has 3 aromatic heterocycles. The summed E-state index contributed by atoms with van der Waals surface area (Å²) in [5.74, 6) is 0.942. The SMILES string of the molecule is O=C(Cn1c(-c2ccc(Cl)cc2)n[nH]c1=S)Nc1nc(-c2cc3ccccc3o2)cs1.